The first kappa shape index (κ1) is 17.2. The van der Waals surface area contributed by atoms with Gasteiger partial charge in [0.15, 0.2) is 0 Å². The molecular formula is C15H15ClN2O4S2. The minimum atomic E-state index is -3.74. The van der Waals surface area contributed by atoms with Gasteiger partial charge in [0.05, 0.1) is 21.9 Å². The number of fused-ring (bicyclic) bond motifs is 1. The summed E-state index contributed by atoms with van der Waals surface area (Å²) >= 11 is 7.48. The van der Waals surface area contributed by atoms with Crippen LogP contribution in [0.25, 0.3) is 0 Å². The van der Waals surface area contributed by atoms with Crippen molar-refractivity contribution in [3.63, 3.8) is 0 Å². The van der Waals surface area contributed by atoms with Crippen LogP contribution in [-0.2, 0) is 23.0 Å². The van der Waals surface area contributed by atoms with Crippen molar-refractivity contribution in [1.82, 2.24) is 4.31 Å². The number of hydrogen-bond donors (Lipinski definition) is 1. The fourth-order valence-electron chi connectivity index (χ4n) is 2.67. The lowest BCUT2D eigenvalue weighted by molar-refractivity contribution is 0.0997. The Labute approximate surface area is 148 Å². The van der Waals surface area contributed by atoms with Crippen LogP contribution in [0.5, 0.6) is 5.75 Å². The highest BCUT2D eigenvalue weighted by molar-refractivity contribution is 7.89. The molecule has 1 aliphatic rings. The molecule has 1 aliphatic heterocycles. The van der Waals surface area contributed by atoms with Crippen molar-refractivity contribution in [2.24, 2.45) is 5.73 Å². The van der Waals surface area contributed by atoms with Crippen molar-refractivity contribution < 1.29 is 17.9 Å². The number of methoxy groups -OCH3 is 1. The maximum atomic E-state index is 12.9. The van der Waals surface area contributed by atoms with Gasteiger partial charge in [-0.05, 0) is 36.2 Å². The summed E-state index contributed by atoms with van der Waals surface area (Å²) in [7, 11) is -2.35. The average molecular weight is 387 g/mol. The predicted molar refractivity (Wildman–Crippen MR) is 92.1 cm³/mol. The number of amides is 1. The molecule has 6 nitrogen and oxygen atoms in total. The van der Waals surface area contributed by atoms with E-state index in [-0.39, 0.29) is 22.8 Å². The number of primary amides is 1. The predicted octanol–water partition coefficient (Wildman–Crippen LogP) is 2.26. The molecule has 1 amide bonds. The monoisotopic (exact) mass is 386 g/mol. The zero-order valence-electron chi connectivity index (χ0n) is 12.8. The number of thiophene rings is 1. The fourth-order valence-corrected chi connectivity index (χ4v) is 5.41. The number of ether oxygens (including phenoxy) is 1. The van der Waals surface area contributed by atoms with Gasteiger partial charge in [0.25, 0.3) is 5.91 Å². The zero-order chi connectivity index (χ0) is 17.5. The molecule has 0 aliphatic carbocycles. The molecule has 0 saturated heterocycles. The van der Waals surface area contributed by atoms with Crippen LogP contribution in [0, 0.1) is 0 Å². The Morgan fingerprint density at radius 3 is 2.79 bits per heavy atom. The van der Waals surface area contributed by atoms with Crippen LogP contribution >= 0.6 is 22.9 Å². The second-order valence-corrected chi connectivity index (χ2v) is 9.02. The van der Waals surface area contributed by atoms with E-state index in [0.717, 1.165) is 10.4 Å². The summed E-state index contributed by atoms with van der Waals surface area (Å²) in [6, 6.07) is 5.90. The Balaban J connectivity index is 1.97. The third-order valence-corrected chi connectivity index (χ3v) is 7.08. The van der Waals surface area contributed by atoms with Gasteiger partial charge in [-0.2, -0.15) is 4.31 Å². The summed E-state index contributed by atoms with van der Waals surface area (Å²) in [6.07, 6.45) is 0.616. The highest BCUT2D eigenvalue weighted by atomic mass is 35.5. The van der Waals surface area contributed by atoms with Gasteiger partial charge in [-0.25, -0.2) is 8.42 Å². The summed E-state index contributed by atoms with van der Waals surface area (Å²) in [5, 5.41) is 0. The number of halogens is 1. The van der Waals surface area contributed by atoms with E-state index in [1.165, 1.54) is 41.0 Å². The lowest BCUT2D eigenvalue weighted by Gasteiger charge is -2.26. The molecular weight excluding hydrogens is 372 g/mol. The van der Waals surface area contributed by atoms with Gasteiger partial charge in [0.1, 0.15) is 5.75 Å². The number of carbonyl (C=O) groups is 1. The molecule has 1 aromatic heterocycles. The normalized spacial score (nSPS) is 15.1. The summed E-state index contributed by atoms with van der Waals surface area (Å²) in [5.41, 5.74) is 6.26. The third kappa shape index (κ3) is 3.02. The minimum absolute atomic E-state index is 0.0156. The summed E-state index contributed by atoms with van der Waals surface area (Å²) in [6.45, 7) is 0.628. The SMILES string of the molecule is COc1ccc(S(=O)(=O)N2CCc3sc(Cl)cc3C2)cc1C(N)=O. The third-order valence-electron chi connectivity index (χ3n) is 3.88. The molecule has 0 spiro atoms. The number of nitrogens with two attached hydrogens (primary N) is 1. The summed E-state index contributed by atoms with van der Waals surface area (Å²) < 4.78 is 32.8. The number of carbonyl (C=O) groups excluding carboxylic acids is 1. The van der Waals surface area contributed by atoms with E-state index >= 15 is 0 Å². The van der Waals surface area contributed by atoms with E-state index in [4.69, 9.17) is 22.1 Å². The molecule has 24 heavy (non-hydrogen) atoms. The van der Waals surface area contributed by atoms with Crippen molar-refractivity contribution in [2.75, 3.05) is 13.7 Å². The maximum Gasteiger partial charge on any atom is 0.252 e. The number of sulfonamides is 1. The minimum Gasteiger partial charge on any atom is -0.496 e. The van der Waals surface area contributed by atoms with Crippen LogP contribution in [0.3, 0.4) is 0 Å². The zero-order valence-corrected chi connectivity index (χ0v) is 15.2. The van der Waals surface area contributed by atoms with E-state index < -0.39 is 15.9 Å². The maximum absolute atomic E-state index is 12.9. The molecule has 0 atom stereocenters. The van der Waals surface area contributed by atoms with Crippen molar-refractivity contribution in [3.05, 3.63) is 44.6 Å². The van der Waals surface area contributed by atoms with Crippen LogP contribution in [0.15, 0.2) is 29.2 Å². The first-order valence-electron chi connectivity index (χ1n) is 7.08. The van der Waals surface area contributed by atoms with Gasteiger partial charge in [-0.15, -0.1) is 11.3 Å². The molecule has 9 heteroatoms. The van der Waals surface area contributed by atoms with Crippen LogP contribution in [0.4, 0.5) is 0 Å². The van der Waals surface area contributed by atoms with Crippen LogP contribution < -0.4 is 10.5 Å². The Kier molecular flexibility index (Phi) is 4.56. The molecule has 0 fully saturated rings. The number of nitrogens with zero attached hydrogens (tertiary/aromatic N) is 1. The highest BCUT2D eigenvalue weighted by Gasteiger charge is 2.30. The van der Waals surface area contributed by atoms with Crippen LogP contribution in [0.1, 0.15) is 20.8 Å². The second kappa shape index (κ2) is 6.36. The van der Waals surface area contributed by atoms with Gasteiger partial charge in [-0.3, -0.25) is 4.79 Å². The average Bonchev–Trinajstić information content (AvgIpc) is 2.93. The molecule has 0 bridgehead atoms. The quantitative estimate of drug-likeness (QED) is 0.872. The fraction of sp³-hybridized carbons (Fsp3) is 0.267. The van der Waals surface area contributed by atoms with E-state index in [0.29, 0.717) is 17.3 Å². The summed E-state index contributed by atoms with van der Waals surface area (Å²) in [5.74, 6) is -0.499. The van der Waals surface area contributed by atoms with Gasteiger partial charge < -0.3 is 10.5 Å². The number of hydrogen-bond acceptors (Lipinski definition) is 5. The van der Waals surface area contributed by atoms with Crippen molar-refractivity contribution in [2.45, 2.75) is 17.9 Å². The van der Waals surface area contributed by atoms with Crippen molar-refractivity contribution in [3.8, 4) is 5.75 Å². The first-order valence-corrected chi connectivity index (χ1v) is 9.71. The second-order valence-electron chi connectivity index (χ2n) is 5.31. The lowest BCUT2D eigenvalue weighted by Crippen LogP contribution is -2.35. The summed E-state index contributed by atoms with van der Waals surface area (Å²) in [4.78, 5) is 12.6. The van der Waals surface area contributed by atoms with Crippen LogP contribution in [-0.4, -0.2) is 32.3 Å². The molecule has 2 N–H and O–H groups in total. The Morgan fingerprint density at radius 1 is 1.38 bits per heavy atom. The van der Waals surface area contributed by atoms with E-state index in [9.17, 15) is 13.2 Å². The molecule has 2 aromatic rings. The number of benzene rings is 1. The van der Waals surface area contributed by atoms with Gasteiger partial charge in [0, 0.05) is 18.0 Å². The van der Waals surface area contributed by atoms with Gasteiger partial charge >= 0.3 is 0 Å². The molecule has 0 saturated carbocycles. The lowest BCUT2D eigenvalue weighted by atomic mass is 10.1. The molecule has 128 valence electrons. The standard InChI is InChI=1S/C15H15ClN2O4S2/c1-22-12-3-2-10(7-11(12)15(17)19)24(20,21)18-5-4-13-9(8-18)6-14(16)23-13/h2-3,6-7H,4-5,8H2,1H3,(H2,17,19). The molecule has 3 rings (SSSR count). The van der Waals surface area contributed by atoms with Gasteiger partial charge in [-0.1, -0.05) is 11.6 Å². The van der Waals surface area contributed by atoms with Crippen molar-refractivity contribution in [1.29, 1.82) is 0 Å². The van der Waals surface area contributed by atoms with Crippen LogP contribution in [0.2, 0.25) is 4.34 Å². The van der Waals surface area contributed by atoms with Gasteiger partial charge in [0.2, 0.25) is 10.0 Å². The molecule has 1 aromatic carbocycles. The van der Waals surface area contributed by atoms with Crippen molar-refractivity contribution >= 4 is 38.9 Å². The van der Waals surface area contributed by atoms with E-state index in [2.05, 4.69) is 0 Å². The molecule has 0 radical (unpaired) electrons. The topological polar surface area (TPSA) is 89.7 Å². The van der Waals surface area contributed by atoms with E-state index in [1.807, 2.05) is 0 Å². The first-order chi connectivity index (χ1) is 11.3. The highest BCUT2D eigenvalue weighted by Crippen LogP contribution is 2.33. The smallest absolute Gasteiger partial charge is 0.252 e. The Hall–Kier alpha value is -1.61. The Bertz CT molecular complexity index is 908. The molecule has 0 unspecified atom stereocenters. The molecule has 2 heterocycles. The van der Waals surface area contributed by atoms with E-state index in [1.54, 1.807) is 6.07 Å². The Morgan fingerprint density at radius 2 is 2.12 bits per heavy atom. The largest absolute Gasteiger partial charge is 0.496 e. The number of rotatable bonds is 4.